The summed E-state index contributed by atoms with van der Waals surface area (Å²) in [5.41, 5.74) is 1.38. The van der Waals surface area contributed by atoms with Crippen LogP contribution < -0.4 is 4.74 Å². The molecule has 2 aromatic rings. The van der Waals surface area contributed by atoms with Crippen molar-refractivity contribution in [3.05, 3.63) is 42.7 Å². The number of hydrogen-bond acceptors (Lipinski definition) is 3. The van der Waals surface area contributed by atoms with E-state index in [9.17, 15) is 4.39 Å². The molecule has 0 saturated heterocycles. The van der Waals surface area contributed by atoms with E-state index in [0.717, 1.165) is 5.56 Å². The molecule has 76 valence electrons. The van der Waals surface area contributed by atoms with Crippen molar-refractivity contribution >= 4 is 0 Å². The first kappa shape index (κ1) is 9.58. The summed E-state index contributed by atoms with van der Waals surface area (Å²) in [5.74, 6) is 0.292. The van der Waals surface area contributed by atoms with Gasteiger partial charge >= 0.3 is 0 Å². The molecule has 0 spiro atoms. The average molecular weight is 204 g/mol. The molecule has 0 atom stereocenters. The minimum absolute atomic E-state index is 0.311. The lowest BCUT2D eigenvalue weighted by Gasteiger charge is -2.07. The normalized spacial score (nSPS) is 10.0. The predicted octanol–water partition coefficient (Wildman–Crippen LogP) is 2.29. The van der Waals surface area contributed by atoms with Gasteiger partial charge in [-0.15, -0.1) is 0 Å². The third kappa shape index (κ3) is 1.93. The summed E-state index contributed by atoms with van der Waals surface area (Å²) in [5, 5.41) is 0. The zero-order chi connectivity index (χ0) is 10.7. The fourth-order valence-corrected chi connectivity index (χ4v) is 1.34. The lowest BCUT2D eigenvalue weighted by atomic mass is 10.1. The molecule has 0 aliphatic heterocycles. The standard InChI is InChI=1S/C11H9FN2O/c1-15-11-3-2-9(12)4-10(11)8-5-13-7-14-6-8/h2-7H,1H3. The first-order chi connectivity index (χ1) is 7.31. The highest BCUT2D eigenvalue weighted by Gasteiger charge is 2.07. The number of benzene rings is 1. The molecule has 0 amide bonds. The molecule has 4 heteroatoms. The number of methoxy groups -OCH3 is 1. The van der Waals surface area contributed by atoms with Crippen LogP contribution in [-0.4, -0.2) is 17.1 Å². The summed E-state index contributed by atoms with van der Waals surface area (Å²) in [6.45, 7) is 0. The Balaban J connectivity index is 2.56. The summed E-state index contributed by atoms with van der Waals surface area (Å²) in [7, 11) is 1.54. The molecule has 1 heterocycles. The van der Waals surface area contributed by atoms with E-state index in [0.29, 0.717) is 11.3 Å². The van der Waals surface area contributed by atoms with Crippen LogP contribution in [0, 0.1) is 5.82 Å². The molecule has 0 bridgehead atoms. The van der Waals surface area contributed by atoms with E-state index in [1.165, 1.54) is 18.5 Å². The highest BCUT2D eigenvalue weighted by Crippen LogP contribution is 2.29. The van der Waals surface area contributed by atoms with Crippen molar-refractivity contribution in [2.24, 2.45) is 0 Å². The van der Waals surface area contributed by atoms with Crippen molar-refractivity contribution in [3.8, 4) is 16.9 Å². The topological polar surface area (TPSA) is 35.0 Å². The molecule has 2 rings (SSSR count). The molecule has 0 fully saturated rings. The fourth-order valence-electron chi connectivity index (χ4n) is 1.34. The second kappa shape index (κ2) is 4.04. The van der Waals surface area contributed by atoms with Gasteiger partial charge in [0.15, 0.2) is 0 Å². The maximum absolute atomic E-state index is 13.1. The molecule has 0 N–H and O–H groups in total. The van der Waals surface area contributed by atoms with E-state index in [2.05, 4.69) is 9.97 Å². The van der Waals surface area contributed by atoms with Gasteiger partial charge in [-0.2, -0.15) is 0 Å². The number of aromatic nitrogens is 2. The van der Waals surface area contributed by atoms with Crippen LogP contribution in [0.15, 0.2) is 36.9 Å². The van der Waals surface area contributed by atoms with Gasteiger partial charge in [-0.1, -0.05) is 0 Å². The minimum atomic E-state index is -0.311. The van der Waals surface area contributed by atoms with Gasteiger partial charge < -0.3 is 4.74 Å². The molecule has 1 aromatic carbocycles. The second-order valence-electron chi connectivity index (χ2n) is 2.97. The maximum Gasteiger partial charge on any atom is 0.127 e. The van der Waals surface area contributed by atoms with Crippen molar-refractivity contribution in [2.45, 2.75) is 0 Å². The molecule has 1 aromatic heterocycles. The summed E-state index contributed by atoms with van der Waals surface area (Å²) in [6, 6.07) is 4.33. The van der Waals surface area contributed by atoms with Crippen molar-refractivity contribution in [1.82, 2.24) is 9.97 Å². The number of nitrogens with zero attached hydrogens (tertiary/aromatic N) is 2. The lowest BCUT2D eigenvalue weighted by molar-refractivity contribution is 0.415. The third-order valence-electron chi connectivity index (χ3n) is 2.03. The Morgan fingerprint density at radius 3 is 2.60 bits per heavy atom. The fraction of sp³-hybridized carbons (Fsp3) is 0.0909. The van der Waals surface area contributed by atoms with Gasteiger partial charge in [0.25, 0.3) is 0 Å². The molecule has 0 radical (unpaired) electrons. The van der Waals surface area contributed by atoms with E-state index in [1.807, 2.05) is 0 Å². The van der Waals surface area contributed by atoms with Crippen LogP contribution in [0.5, 0.6) is 5.75 Å². The number of halogens is 1. The Morgan fingerprint density at radius 2 is 1.93 bits per heavy atom. The maximum atomic E-state index is 13.1. The molecule has 15 heavy (non-hydrogen) atoms. The molecule has 0 aliphatic carbocycles. The zero-order valence-electron chi connectivity index (χ0n) is 8.14. The average Bonchev–Trinajstić information content (AvgIpc) is 2.30. The summed E-state index contributed by atoms with van der Waals surface area (Å²) < 4.78 is 18.2. The highest BCUT2D eigenvalue weighted by molar-refractivity contribution is 5.68. The molecule has 3 nitrogen and oxygen atoms in total. The van der Waals surface area contributed by atoms with Gasteiger partial charge in [-0.3, -0.25) is 0 Å². The Morgan fingerprint density at radius 1 is 1.20 bits per heavy atom. The Kier molecular flexibility index (Phi) is 2.58. The number of rotatable bonds is 2. The third-order valence-corrected chi connectivity index (χ3v) is 2.03. The van der Waals surface area contributed by atoms with Gasteiger partial charge in [0, 0.05) is 23.5 Å². The van der Waals surface area contributed by atoms with E-state index in [-0.39, 0.29) is 5.82 Å². The van der Waals surface area contributed by atoms with Crippen LogP contribution in [-0.2, 0) is 0 Å². The van der Waals surface area contributed by atoms with Crippen molar-refractivity contribution in [3.63, 3.8) is 0 Å². The molecule has 0 saturated carbocycles. The van der Waals surface area contributed by atoms with Crippen molar-refractivity contribution in [2.75, 3.05) is 7.11 Å². The van der Waals surface area contributed by atoms with Crippen LogP contribution >= 0.6 is 0 Å². The molecular weight excluding hydrogens is 195 g/mol. The lowest BCUT2D eigenvalue weighted by Crippen LogP contribution is -1.90. The number of ether oxygens (including phenoxy) is 1. The smallest absolute Gasteiger partial charge is 0.127 e. The quantitative estimate of drug-likeness (QED) is 0.752. The van der Waals surface area contributed by atoms with Gasteiger partial charge in [0.05, 0.1) is 7.11 Å². The highest BCUT2D eigenvalue weighted by atomic mass is 19.1. The van der Waals surface area contributed by atoms with Crippen LogP contribution in [0.3, 0.4) is 0 Å². The SMILES string of the molecule is COc1ccc(F)cc1-c1cncnc1. The van der Waals surface area contributed by atoms with E-state index >= 15 is 0 Å². The monoisotopic (exact) mass is 204 g/mol. The molecular formula is C11H9FN2O. The van der Waals surface area contributed by atoms with Crippen LogP contribution in [0.2, 0.25) is 0 Å². The van der Waals surface area contributed by atoms with Crippen LogP contribution in [0.1, 0.15) is 0 Å². The van der Waals surface area contributed by atoms with Gasteiger partial charge in [0.1, 0.15) is 17.9 Å². The summed E-state index contributed by atoms with van der Waals surface area (Å²) in [6.07, 6.45) is 4.66. The molecule has 0 unspecified atom stereocenters. The van der Waals surface area contributed by atoms with E-state index in [1.54, 1.807) is 25.6 Å². The first-order valence-corrected chi connectivity index (χ1v) is 4.40. The Bertz CT molecular complexity index is 459. The summed E-state index contributed by atoms with van der Waals surface area (Å²) in [4.78, 5) is 7.75. The van der Waals surface area contributed by atoms with Gasteiger partial charge in [-0.05, 0) is 18.2 Å². The largest absolute Gasteiger partial charge is 0.496 e. The second-order valence-corrected chi connectivity index (χ2v) is 2.97. The van der Waals surface area contributed by atoms with Crippen molar-refractivity contribution < 1.29 is 9.13 Å². The predicted molar refractivity (Wildman–Crippen MR) is 54.0 cm³/mol. The number of hydrogen-bond donors (Lipinski definition) is 0. The van der Waals surface area contributed by atoms with Gasteiger partial charge in [0.2, 0.25) is 0 Å². The summed E-state index contributed by atoms with van der Waals surface area (Å²) >= 11 is 0. The zero-order valence-corrected chi connectivity index (χ0v) is 8.14. The van der Waals surface area contributed by atoms with Gasteiger partial charge in [-0.25, -0.2) is 14.4 Å². The van der Waals surface area contributed by atoms with Crippen LogP contribution in [0.25, 0.3) is 11.1 Å². The van der Waals surface area contributed by atoms with Crippen molar-refractivity contribution in [1.29, 1.82) is 0 Å². The Hall–Kier alpha value is -1.97. The van der Waals surface area contributed by atoms with E-state index in [4.69, 9.17) is 4.74 Å². The minimum Gasteiger partial charge on any atom is -0.496 e. The van der Waals surface area contributed by atoms with E-state index < -0.39 is 0 Å². The van der Waals surface area contributed by atoms with Crippen LogP contribution in [0.4, 0.5) is 4.39 Å². The first-order valence-electron chi connectivity index (χ1n) is 4.40. The molecule has 0 aliphatic rings. The Labute approximate surface area is 86.6 Å².